The lowest BCUT2D eigenvalue weighted by Crippen LogP contribution is -2.57. The van der Waals surface area contributed by atoms with Gasteiger partial charge in [0.05, 0.1) is 18.8 Å². The van der Waals surface area contributed by atoms with Gasteiger partial charge in [0.25, 0.3) is 0 Å². The van der Waals surface area contributed by atoms with Crippen LogP contribution in [0.3, 0.4) is 0 Å². The SMILES string of the molecule is COCOCC[C@H](NC(=O)[C@H](CC(C)C)NC(=O)OC(C)(C)C)C(=O)N[C@@H](CC(C)C)[C@@H](O)C[C@@H](C)C(=O)N[C@@H](CC(C)C)C(=O)NC(C)C. The van der Waals surface area contributed by atoms with Crippen molar-refractivity contribution in [2.24, 2.45) is 23.7 Å². The van der Waals surface area contributed by atoms with Crippen LogP contribution < -0.4 is 26.6 Å². The normalized spacial score (nSPS) is 15.6. The summed E-state index contributed by atoms with van der Waals surface area (Å²) in [5, 5.41) is 25.3. The fourth-order valence-corrected chi connectivity index (χ4v) is 5.18. The first-order chi connectivity index (χ1) is 23.1. The molecule has 50 heavy (non-hydrogen) atoms. The third-order valence-corrected chi connectivity index (χ3v) is 7.43. The number of rotatable bonds is 23. The van der Waals surface area contributed by atoms with Crippen molar-refractivity contribution in [3.05, 3.63) is 0 Å². The molecule has 0 aromatic carbocycles. The lowest BCUT2D eigenvalue weighted by Gasteiger charge is -2.30. The monoisotopic (exact) mass is 716 g/mol. The highest BCUT2D eigenvalue weighted by molar-refractivity contribution is 5.91. The van der Waals surface area contributed by atoms with Crippen LogP contribution in [0.2, 0.25) is 0 Å². The zero-order valence-corrected chi connectivity index (χ0v) is 32.9. The number of alkyl carbamates (subject to hydrolysis) is 1. The van der Waals surface area contributed by atoms with E-state index < -0.39 is 59.7 Å². The van der Waals surface area contributed by atoms with Gasteiger partial charge in [-0.15, -0.1) is 0 Å². The smallest absolute Gasteiger partial charge is 0.408 e. The molecule has 0 heterocycles. The summed E-state index contributed by atoms with van der Waals surface area (Å²) in [5.74, 6) is -2.17. The summed E-state index contributed by atoms with van der Waals surface area (Å²) < 4.78 is 15.7. The third kappa shape index (κ3) is 21.3. The van der Waals surface area contributed by atoms with Gasteiger partial charge < -0.3 is 45.9 Å². The molecule has 0 spiro atoms. The number of aliphatic hydroxyl groups is 1. The highest BCUT2D eigenvalue weighted by Gasteiger charge is 2.33. The van der Waals surface area contributed by atoms with E-state index in [-0.39, 0.29) is 61.9 Å². The summed E-state index contributed by atoms with van der Waals surface area (Å²) in [7, 11) is 1.47. The van der Waals surface area contributed by atoms with Crippen LogP contribution in [0.1, 0.15) is 115 Å². The van der Waals surface area contributed by atoms with E-state index in [1.54, 1.807) is 27.7 Å². The van der Waals surface area contributed by atoms with E-state index in [0.29, 0.717) is 19.3 Å². The Morgan fingerprint density at radius 2 is 1.10 bits per heavy atom. The summed E-state index contributed by atoms with van der Waals surface area (Å²) in [5.41, 5.74) is -0.771. The minimum Gasteiger partial charge on any atom is -0.444 e. The Bertz CT molecular complexity index is 1050. The molecule has 0 saturated heterocycles. The molecule has 0 radical (unpaired) electrons. The summed E-state index contributed by atoms with van der Waals surface area (Å²) in [6.45, 7) is 22.2. The second kappa shape index (κ2) is 23.5. The Morgan fingerprint density at radius 1 is 0.620 bits per heavy atom. The van der Waals surface area contributed by atoms with Crippen LogP contribution in [0.4, 0.5) is 4.79 Å². The molecule has 292 valence electrons. The first-order valence-electron chi connectivity index (χ1n) is 18.0. The van der Waals surface area contributed by atoms with Crippen molar-refractivity contribution in [2.45, 2.75) is 157 Å². The molecule has 0 rings (SSSR count). The van der Waals surface area contributed by atoms with Gasteiger partial charge >= 0.3 is 6.09 Å². The highest BCUT2D eigenvalue weighted by atomic mass is 16.7. The lowest BCUT2D eigenvalue weighted by atomic mass is 9.91. The molecule has 0 fully saturated rings. The summed E-state index contributed by atoms with van der Waals surface area (Å²) in [6.07, 6.45) is -0.612. The number of carbonyl (C=O) groups excluding carboxylic acids is 5. The fourth-order valence-electron chi connectivity index (χ4n) is 5.18. The summed E-state index contributed by atoms with van der Waals surface area (Å²) in [4.78, 5) is 65.8. The van der Waals surface area contributed by atoms with E-state index in [9.17, 15) is 29.1 Å². The molecule has 6 N–H and O–H groups in total. The van der Waals surface area contributed by atoms with Crippen molar-refractivity contribution in [2.75, 3.05) is 20.5 Å². The number of amides is 5. The zero-order chi connectivity index (χ0) is 38.8. The van der Waals surface area contributed by atoms with Gasteiger partial charge in [-0.3, -0.25) is 19.2 Å². The number of ether oxygens (including phenoxy) is 3. The Balaban J connectivity index is 5.97. The molecule has 0 aromatic rings. The molecule has 0 saturated carbocycles. The second-order valence-electron chi connectivity index (χ2n) is 15.8. The topological polar surface area (TPSA) is 193 Å². The molecular weight excluding hydrogens is 646 g/mol. The first-order valence-corrected chi connectivity index (χ1v) is 18.0. The van der Waals surface area contributed by atoms with E-state index in [2.05, 4.69) is 26.6 Å². The van der Waals surface area contributed by atoms with Crippen molar-refractivity contribution in [1.29, 1.82) is 0 Å². The lowest BCUT2D eigenvalue weighted by molar-refractivity contribution is -0.133. The third-order valence-electron chi connectivity index (χ3n) is 7.43. The predicted molar refractivity (Wildman–Crippen MR) is 193 cm³/mol. The number of nitrogens with one attached hydrogen (secondary N) is 5. The molecule has 0 bridgehead atoms. The van der Waals surface area contributed by atoms with Crippen LogP contribution in [0.15, 0.2) is 0 Å². The number of hydrogen-bond donors (Lipinski definition) is 6. The van der Waals surface area contributed by atoms with Crippen LogP contribution in [0, 0.1) is 23.7 Å². The van der Waals surface area contributed by atoms with Crippen LogP contribution >= 0.6 is 0 Å². The summed E-state index contributed by atoms with van der Waals surface area (Å²) >= 11 is 0. The molecule has 0 aromatic heterocycles. The largest absolute Gasteiger partial charge is 0.444 e. The molecule has 14 nitrogen and oxygen atoms in total. The Labute approximate surface area is 300 Å². The van der Waals surface area contributed by atoms with Gasteiger partial charge in [0.2, 0.25) is 23.6 Å². The second-order valence-corrected chi connectivity index (χ2v) is 15.8. The van der Waals surface area contributed by atoms with Crippen molar-refractivity contribution in [3.8, 4) is 0 Å². The number of aliphatic hydroxyl groups excluding tert-OH is 1. The average molecular weight is 716 g/mol. The zero-order valence-electron chi connectivity index (χ0n) is 32.9. The van der Waals surface area contributed by atoms with Gasteiger partial charge in [0.1, 0.15) is 30.5 Å². The fraction of sp³-hybridized carbons (Fsp3) is 0.861. The standard InChI is InChI=1S/C36H69N5O9/c1-21(2)16-27(30(42)19-25(9)31(43)40-28(17-22(3)4)33(45)37-24(7)8)39-32(44)26(14-15-49-20-48-13)38-34(46)29(18-23(5)6)41-35(47)50-36(10,11)12/h21-30,42H,14-20H2,1-13H3,(H,37,45)(H,38,46)(H,39,44)(H,40,43)(H,41,47)/t25-,26+,27+,28+,29+,30+/m1/s1. The van der Waals surface area contributed by atoms with Crippen molar-refractivity contribution in [3.63, 3.8) is 0 Å². The highest BCUT2D eigenvalue weighted by Crippen LogP contribution is 2.17. The van der Waals surface area contributed by atoms with Crippen LogP contribution in [0.5, 0.6) is 0 Å². The maximum atomic E-state index is 13.8. The Kier molecular flexibility index (Phi) is 22.1. The summed E-state index contributed by atoms with van der Waals surface area (Å²) in [6, 6.07) is -3.60. The van der Waals surface area contributed by atoms with Crippen LogP contribution in [0.25, 0.3) is 0 Å². The van der Waals surface area contributed by atoms with E-state index in [1.165, 1.54) is 7.11 Å². The van der Waals surface area contributed by atoms with Gasteiger partial charge in [0.15, 0.2) is 0 Å². The van der Waals surface area contributed by atoms with E-state index >= 15 is 0 Å². The molecule has 0 aliphatic heterocycles. The molecular formula is C36H69N5O9. The van der Waals surface area contributed by atoms with E-state index in [4.69, 9.17) is 14.2 Å². The maximum absolute atomic E-state index is 13.8. The molecule has 5 amide bonds. The first kappa shape index (κ1) is 47.0. The predicted octanol–water partition coefficient (Wildman–Crippen LogP) is 3.39. The Hall–Kier alpha value is -2.97. The van der Waals surface area contributed by atoms with Gasteiger partial charge in [-0.2, -0.15) is 0 Å². The minimum atomic E-state index is -1.11. The van der Waals surface area contributed by atoms with E-state index in [0.717, 1.165) is 0 Å². The van der Waals surface area contributed by atoms with Gasteiger partial charge in [-0.1, -0.05) is 48.5 Å². The molecule has 0 aliphatic rings. The van der Waals surface area contributed by atoms with Gasteiger partial charge in [0, 0.05) is 25.5 Å². The van der Waals surface area contributed by atoms with Crippen LogP contribution in [-0.4, -0.2) is 97.3 Å². The van der Waals surface area contributed by atoms with Crippen molar-refractivity contribution < 1.29 is 43.3 Å². The average Bonchev–Trinajstić information content (AvgIpc) is 2.95. The van der Waals surface area contributed by atoms with E-state index in [1.807, 2.05) is 55.4 Å². The number of hydrogen-bond acceptors (Lipinski definition) is 9. The molecule has 0 unspecified atom stereocenters. The van der Waals surface area contributed by atoms with Crippen molar-refractivity contribution in [1.82, 2.24) is 26.6 Å². The minimum absolute atomic E-state index is 0.00967. The van der Waals surface area contributed by atoms with Gasteiger partial charge in [-0.05, 0) is 78.1 Å². The molecule has 14 heteroatoms. The number of carbonyl (C=O) groups is 5. The van der Waals surface area contributed by atoms with Crippen LogP contribution in [-0.2, 0) is 33.4 Å². The maximum Gasteiger partial charge on any atom is 0.408 e. The van der Waals surface area contributed by atoms with Crippen molar-refractivity contribution >= 4 is 29.7 Å². The number of methoxy groups -OCH3 is 1. The molecule has 0 aliphatic carbocycles. The Morgan fingerprint density at radius 3 is 1.58 bits per heavy atom. The van der Waals surface area contributed by atoms with Gasteiger partial charge in [-0.25, -0.2) is 4.79 Å². The quantitative estimate of drug-likeness (QED) is 0.0680. The molecule has 6 atom stereocenters.